The van der Waals surface area contributed by atoms with Crippen LogP contribution in [0.25, 0.3) is 0 Å². The van der Waals surface area contributed by atoms with Gasteiger partial charge in [-0.05, 0) is 62.3 Å². The second kappa shape index (κ2) is 6.55. The lowest BCUT2D eigenvalue weighted by molar-refractivity contribution is -0.122. The van der Waals surface area contributed by atoms with Gasteiger partial charge in [-0.25, -0.2) is 0 Å². The fourth-order valence-corrected chi connectivity index (χ4v) is 3.73. The summed E-state index contributed by atoms with van der Waals surface area (Å²) in [5.74, 6) is 3.34. The summed E-state index contributed by atoms with van der Waals surface area (Å²) in [6.45, 7) is 3.74. The van der Waals surface area contributed by atoms with Gasteiger partial charge >= 0.3 is 0 Å². The summed E-state index contributed by atoms with van der Waals surface area (Å²) in [5, 5.41) is 3.07. The predicted octanol–water partition coefficient (Wildman–Crippen LogP) is 2.30. The van der Waals surface area contributed by atoms with Crippen molar-refractivity contribution in [2.75, 3.05) is 13.1 Å². The maximum atomic E-state index is 11.9. The molecule has 0 heterocycles. The molecule has 0 spiro atoms. The lowest BCUT2D eigenvalue weighted by Crippen LogP contribution is -2.28. The van der Waals surface area contributed by atoms with Crippen LogP contribution in [0.3, 0.4) is 0 Å². The van der Waals surface area contributed by atoms with Gasteiger partial charge in [0, 0.05) is 13.0 Å². The summed E-state index contributed by atoms with van der Waals surface area (Å²) >= 11 is 0. The van der Waals surface area contributed by atoms with Crippen LogP contribution in [-0.4, -0.2) is 19.0 Å². The summed E-state index contributed by atoms with van der Waals surface area (Å²) in [6.07, 6.45) is 8.43. The number of hydrogen-bond acceptors (Lipinski definition) is 2. The van der Waals surface area contributed by atoms with Crippen molar-refractivity contribution in [3.05, 3.63) is 0 Å². The van der Waals surface area contributed by atoms with Crippen LogP contribution in [0.15, 0.2) is 0 Å². The first-order valence-corrected chi connectivity index (χ1v) is 7.65. The van der Waals surface area contributed by atoms with E-state index in [-0.39, 0.29) is 5.91 Å². The molecule has 0 aromatic heterocycles. The van der Waals surface area contributed by atoms with Gasteiger partial charge in [0.15, 0.2) is 0 Å². The van der Waals surface area contributed by atoms with Crippen LogP contribution in [0, 0.1) is 23.7 Å². The largest absolute Gasteiger partial charge is 0.356 e. The highest BCUT2D eigenvalue weighted by molar-refractivity contribution is 5.76. The lowest BCUT2D eigenvalue weighted by atomic mass is 9.86. The van der Waals surface area contributed by atoms with E-state index in [0.29, 0.717) is 11.8 Å². The van der Waals surface area contributed by atoms with E-state index >= 15 is 0 Å². The van der Waals surface area contributed by atoms with Crippen molar-refractivity contribution in [1.29, 1.82) is 0 Å². The van der Waals surface area contributed by atoms with E-state index in [4.69, 9.17) is 5.73 Å². The van der Waals surface area contributed by atoms with Crippen molar-refractivity contribution in [2.24, 2.45) is 29.4 Å². The Morgan fingerprint density at radius 3 is 2.83 bits per heavy atom. The maximum Gasteiger partial charge on any atom is 0.220 e. The van der Waals surface area contributed by atoms with Crippen LogP contribution >= 0.6 is 0 Å². The molecule has 2 aliphatic carbocycles. The molecular weight excluding hydrogens is 224 g/mol. The minimum atomic E-state index is 0.271. The highest BCUT2D eigenvalue weighted by Crippen LogP contribution is 2.49. The number of hydrogen-bond donors (Lipinski definition) is 2. The number of carbonyl (C=O) groups excluding carboxylic acids is 1. The summed E-state index contributed by atoms with van der Waals surface area (Å²) in [6, 6.07) is 0. The van der Waals surface area contributed by atoms with E-state index in [1.165, 1.54) is 25.7 Å². The molecule has 2 aliphatic rings. The van der Waals surface area contributed by atoms with Gasteiger partial charge in [0.1, 0.15) is 0 Å². The number of fused-ring (bicyclic) bond motifs is 2. The van der Waals surface area contributed by atoms with E-state index in [0.717, 1.165) is 44.2 Å². The molecule has 4 unspecified atom stereocenters. The molecule has 2 saturated carbocycles. The molecule has 3 heteroatoms. The summed E-state index contributed by atoms with van der Waals surface area (Å²) in [5.41, 5.74) is 5.57. The molecule has 0 aliphatic heterocycles. The van der Waals surface area contributed by atoms with E-state index in [1.54, 1.807) is 0 Å². The van der Waals surface area contributed by atoms with Crippen LogP contribution in [0.4, 0.5) is 0 Å². The molecule has 3 N–H and O–H groups in total. The third-order valence-corrected chi connectivity index (χ3v) is 4.93. The van der Waals surface area contributed by atoms with Crippen molar-refractivity contribution >= 4 is 5.91 Å². The van der Waals surface area contributed by atoms with E-state index in [2.05, 4.69) is 12.2 Å². The highest BCUT2D eigenvalue weighted by Gasteiger charge is 2.39. The number of nitrogens with one attached hydrogen (secondary N) is 1. The van der Waals surface area contributed by atoms with Gasteiger partial charge < -0.3 is 11.1 Å². The Morgan fingerprint density at radius 1 is 1.39 bits per heavy atom. The molecule has 0 saturated heterocycles. The van der Waals surface area contributed by atoms with Crippen LogP contribution < -0.4 is 11.1 Å². The van der Waals surface area contributed by atoms with Crippen molar-refractivity contribution in [3.8, 4) is 0 Å². The Bertz CT molecular complexity index is 280. The van der Waals surface area contributed by atoms with Gasteiger partial charge in [-0.3, -0.25) is 4.79 Å². The van der Waals surface area contributed by atoms with E-state index < -0.39 is 0 Å². The van der Waals surface area contributed by atoms with E-state index in [1.807, 2.05) is 0 Å². The fourth-order valence-electron chi connectivity index (χ4n) is 3.73. The van der Waals surface area contributed by atoms with Gasteiger partial charge in [-0.1, -0.05) is 13.3 Å². The SMILES string of the molecule is CC(CN)CCCNC(=O)CC1CC2CCC1C2. The molecule has 2 fully saturated rings. The highest BCUT2D eigenvalue weighted by atomic mass is 16.1. The molecule has 2 rings (SSSR count). The second-order valence-corrected chi connectivity index (χ2v) is 6.47. The fraction of sp³-hybridized carbons (Fsp3) is 0.933. The number of carbonyl (C=O) groups is 1. The third kappa shape index (κ3) is 3.71. The first kappa shape index (κ1) is 13.9. The molecule has 2 bridgehead atoms. The topological polar surface area (TPSA) is 55.1 Å². The Balaban J connectivity index is 1.55. The van der Waals surface area contributed by atoms with Gasteiger partial charge in [0.25, 0.3) is 0 Å². The van der Waals surface area contributed by atoms with Crippen molar-refractivity contribution in [3.63, 3.8) is 0 Å². The summed E-state index contributed by atoms with van der Waals surface area (Å²) in [4.78, 5) is 11.9. The Kier molecular flexibility index (Phi) is 5.04. The monoisotopic (exact) mass is 252 g/mol. The van der Waals surface area contributed by atoms with Gasteiger partial charge in [-0.15, -0.1) is 0 Å². The van der Waals surface area contributed by atoms with Crippen molar-refractivity contribution < 1.29 is 4.79 Å². The molecule has 0 radical (unpaired) electrons. The van der Waals surface area contributed by atoms with Gasteiger partial charge in [0.05, 0.1) is 0 Å². The number of rotatable bonds is 7. The predicted molar refractivity (Wildman–Crippen MR) is 74.0 cm³/mol. The number of amides is 1. The second-order valence-electron chi connectivity index (χ2n) is 6.47. The first-order valence-electron chi connectivity index (χ1n) is 7.65. The van der Waals surface area contributed by atoms with Crippen LogP contribution in [-0.2, 0) is 4.79 Å². The molecule has 0 aromatic rings. The quantitative estimate of drug-likeness (QED) is 0.683. The minimum Gasteiger partial charge on any atom is -0.356 e. The molecule has 3 nitrogen and oxygen atoms in total. The van der Waals surface area contributed by atoms with Crippen LogP contribution in [0.5, 0.6) is 0 Å². The molecule has 104 valence electrons. The standard InChI is InChI=1S/C15H28N2O/c1-11(10-16)3-2-6-17-15(18)9-14-8-12-4-5-13(14)7-12/h11-14H,2-10,16H2,1H3,(H,17,18). The smallest absolute Gasteiger partial charge is 0.220 e. The van der Waals surface area contributed by atoms with Crippen molar-refractivity contribution in [2.45, 2.75) is 51.9 Å². The summed E-state index contributed by atoms with van der Waals surface area (Å²) in [7, 11) is 0. The third-order valence-electron chi connectivity index (χ3n) is 4.93. The normalized spacial score (nSPS) is 31.6. The first-order chi connectivity index (χ1) is 8.69. The van der Waals surface area contributed by atoms with Gasteiger partial charge in [0.2, 0.25) is 5.91 Å². The Morgan fingerprint density at radius 2 is 2.22 bits per heavy atom. The van der Waals surface area contributed by atoms with Crippen LogP contribution in [0.1, 0.15) is 51.9 Å². The molecule has 18 heavy (non-hydrogen) atoms. The molecule has 1 amide bonds. The van der Waals surface area contributed by atoms with Crippen molar-refractivity contribution in [1.82, 2.24) is 5.32 Å². The Hall–Kier alpha value is -0.570. The van der Waals surface area contributed by atoms with E-state index in [9.17, 15) is 4.79 Å². The Labute approximate surface area is 111 Å². The van der Waals surface area contributed by atoms with Crippen LogP contribution in [0.2, 0.25) is 0 Å². The zero-order valence-electron chi connectivity index (χ0n) is 11.7. The minimum absolute atomic E-state index is 0.271. The zero-order valence-corrected chi connectivity index (χ0v) is 11.7. The summed E-state index contributed by atoms with van der Waals surface area (Å²) < 4.78 is 0. The average Bonchev–Trinajstić information content (AvgIpc) is 2.96. The maximum absolute atomic E-state index is 11.9. The zero-order chi connectivity index (χ0) is 13.0. The molecular formula is C15H28N2O. The average molecular weight is 252 g/mol. The molecule has 4 atom stereocenters. The lowest BCUT2D eigenvalue weighted by Gasteiger charge is -2.20. The van der Waals surface area contributed by atoms with Gasteiger partial charge in [-0.2, -0.15) is 0 Å². The number of nitrogens with two attached hydrogens (primary N) is 1. The molecule has 0 aromatic carbocycles.